The molecule has 1 aliphatic rings. The van der Waals surface area contributed by atoms with E-state index in [4.69, 9.17) is 4.74 Å². The zero-order chi connectivity index (χ0) is 14.7. The summed E-state index contributed by atoms with van der Waals surface area (Å²) in [5, 5.41) is 0. The van der Waals surface area contributed by atoms with E-state index in [0.29, 0.717) is 24.7 Å². The summed E-state index contributed by atoms with van der Waals surface area (Å²) in [5.41, 5.74) is 1.17. The minimum Gasteiger partial charge on any atom is -0.472 e. The standard InChI is InChI=1S/C15H16N4O2/c1-11-8-18-13(9-17-11)15(20)19-7-5-12(10-19)21-14-4-2-3-6-16-14/h2-4,6,8-9,12H,5,7,10H2,1H3. The fourth-order valence-electron chi connectivity index (χ4n) is 2.26. The highest BCUT2D eigenvalue weighted by molar-refractivity contribution is 5.92. The maximum atomic E-state index is 12.3. The summed E-state index contributed by atoms with van der Waals surface area (Å²) in [4.78, 5) is 26.4. The largest absolute Gasteiger partial charge is 0.472 e. The van der Waals surface area contributed by atoms with E-state index in [-0.39, 0.29) is 12.0 Å². The Bertz CT molecular complexity index is 615. The van der Waals surface area contributed by atoms with Gasteiger partial charge in [-0.3, -0.25) is 9.78 Å². The summed E-state index contributed by atoms with van der Waals surface area (Å²) in [6.07, 6.45) is 5.58. The van der Waals surface area contributed by atoms with Gasteiger partial charge in [0.1, 0.15) is 11.8 Å². The molecule has 0 saturated carbocycles. The van der Waals surface area contributed by atoms with E-state index < -0.39 is 0 Å². The van der Waals surface area contributed by atoms with Gasteiger partial charge >= 0.3 is 0 Å². The van der Waals surface area contributed by atoms with E-state index in [1.54, 1.807) is 17.3 Å². The molecule has 1 fully saturated rings. The van der Waals surface area contributed by atoms with Crippen LogP contribution in [0.2, 0.25) is 0 Å². The van der Waals surface area contributed by atoms with E-state index in [0.717, 1.165) is 12.1 Å². The second-order valence-corrected chi connectivity index (χ2v) is 4.99. The first-order valence-corrected chi connectivity index (χ1v) is 6.88. The van der Waals surface area contributed by atoms with Gasteiger partial charge in [-0.2, -0.15) is 0 Å². The molecule has 3 rings (SSSR count). The fraction of sp³-hybridized carbons (Fsp3) is 0.333. The highest BCUT2D eigenvalue weighted by atomic mass is 16.5. The summed E-state index contributed by atoms with van der Waals surface area (Å²) in [7, 11) is 0. The first-order chi connectivity index (χ1) is 10.2. The third-order valence-electron chi connectivity index (χ3n) is 3.36. The van der Waals surface area contributed by atoms with Crippen LogP contribution in [-0.2, 0) is 0 Å². The van der Waals surface area contributed by atoms with Gasteiger partial charge in [0.25, 0.3) is 5.91 Å². The minimum absolute atomic E-state index is 0.0257. The number of carbonyl (C=O) groups is 1. The smallest absolute Gasteiger partial charge is 0.274 e. The van der Waals surface area contributed by atoms with Crippen molar-refractivity contribution in [3.05, 3.63) is 48.2 Å². The van der Waals surface area contributed by atoms with E-state index in [9.17, 15) is 4.79 Å². The number of ether oxygens (including phenoxy) is 1. The van der Waals surface area contributed by atoms with Gasteiger partial charge in [0.2, 0.25) is 5.88 Å². The molecule has 3 heterocycles. The van der Waals surface area contributed by atoms with Gasteiger partial charge in [-0.15, -0.1) is 0 Å². The molecule has 0 radical (unpaired) electrons. The quantitative estimate of drug-likeness (QED) is 0.854. The van der Waals surface area contributed by atoms with Gasteiger partial charge in [-0.05, 0) is 13.0 Å². The monoisotopic (exact) mass is 284 g/mol. The Morgan fingerprint density at radius 2 is 2.19 bits per heavy atom. The molecule has 1 atom stereocenters. The highest BCUT2D eigenvalue weighted by Gasteiger charge is 2.29. The molecule has 2 aromatic rings. The van der Waals surface area contributed by atoms with Gasteiger partial charge < -0.3 is 9.64 Å². The maximum absolute atomic E-state index is 12.3. The molecule has 2 aromatic heterocycles. The number of pyridine rings is 1. The van der Waals surface area contributed by atoms with Gasteiger partial charge in [-0.25, -0.2) is 9.97 Å². The lowest BCUT2D eigenvalue weighted by Gasteiger charge is -2.16. The van der Waals surface area contributed by atoms with Crippen LogP contribution in [-0.4, -0.2) is 45.0 Å². The lowest BCUT2D eigenvalue weighted by Crippen LogP contribution is -2.31. The number of nitrogens with zero attached hydrogens (tertiary/aromatic N) is 4. The molecule has 1 unspecified atom stereocenters. The molecular weight excluding hydrogens is 268 g/mol. The van der Waals surface area contributed by atoms with Crippen molar-refractivity contribution in [2.45, 2.75) is 19.4 Å². The molecular formula is C15H16N4O2. The highest BCUT2D eigenvalue weighted by Crippen LogP contribution is 2.17. The normalized spacial score (nSPS) is 17.8. The third-order valence-corrected chi connectivity index (χ3v) is 3.36. The van der Waals surface area contributed by atoms with Crippen LogP contribution in [0.4, 0.5) is 0 Å². The maximum Gasteiger partial charge on any atom is 0.274 e. The number of rotatable bonds is 3. The molecule has 0 aliphatic carbocycles. The Balaban J connectivity index is 1.61. The van der Waals surface area contributed by atoms with Crippen molar-refractivity contribution < 1.29 is 9.53 Å². The SMILES string of the molecule is Cc1cnc(C(=O)N2CCC(Oc3ccccn3)C2)cn1. The Labute approximate surface area is 122 Å². The van der Waals surface area contributed by atoms with Gasteiger partial charge in [0, 0.05) is 31.4 Å². The third kappa shape index (κ3) is 3.16. The van der Waals surface area contributed by atoms with Crippen molar-refractivity contribution in [2.75, 3.05) is 13.1 Å². The lowest BCUT2D eigenvalue weighted by atomic mass is 10.3. The van der Waals surface area contributed by atoms with E-state index >= 15 is 0 Å². The van der Waals surface area contributed by atoms with Crippen molar-refractivity contribution >= 4 is 5.91 Å². The van der Waals surface area contributed by atoms with Crippen molar-refractivity contribution in [1.82, 2.24) is 19.9 Å². The molecule has 1 amide bonds. The number of hydrogen-bond acceptors (Lipinski definition) is 5. The Morgan fingerprint density at radius 1 is 1.29 bits per heavy atom. The molecule has 6 heteroatoms. The molecule has 1 aliphatic heterocycles. The van der Waals surface area contributed by atoms with Gasteiger partial charge in [0.15, 0.2) is 0 Å². The summed E-state index contributed by atoms with van der Waals surface area (Å²) >= 11 is 0. The number of aromatic nitrogens is 3. The number of aryl methyl sites for hydroxylation is 1. The van der Waals surface area contributed by atoms with Crippen LogP contribution in [0.3, 0.4) is 0 Å². The Hall–Kier alpha value is -2.50. The topological polar surface area (TPSA) is 68.2 Å². The average molecular weight is 284 g/mol. The zero-order valence-electron chi connectivity index (χ0n) is 11.8. The number of hydrogen-bond donors (Lipinski definition) is 0. The minimum atomic E-state index is -0.102. The first-order valence-electron chi connectivity index (χ1n) is 6.88. The molecule has 1 saturated heterocycles. The summed E-state index contributed by atoms with van der Waals surface area (Å²) in [6.45, 7) is 3.05. The van der Waals surface area contributed by atoms with Crippen LogP contribution in [0.1, 0.15) is 22.6 Å². The van der Waals surface area contributed by atoms with Crippen LogP contribution in [0.5, 0.6) is 5.88 Å². The van der Waals surface area contributed by atoms with Crippen LogP contribution >= 0.6 is 0 Å². The van der Waals surface area contributed by atoms with E-state index in [1.807, 2.05) is 25.1 Å². The van der Waals surface area contributed by atoms with Crippen molar-refractivity contribution in [2.24, 2.45) is 0 Å². The van der Waals surface area contributed by atoms with Gasteiger partial charge in [0.05, 0.1) is 18.4 Å². The number of likely N-dealkylation sites (tertiary alicyclic amines) is 1. The molecule has 108 valence electrons. The number of amides is 1. The predicted molar refractivity (Wildman–Crippen MR) is 75.9 cm³/mol. The molecule has 0 bridgehead atoms. The Kier molecular flexibility index (Phi) is 3.77. The van der Waals surface area contributed by atoms with Crippen molar-refractivity contribution in [1.29, 1.82) is 0 Å². The predicted octanol–water partition coefficient (Wildman–Crippen LogP) is 1.47. The summed E-state index contributed by atoms with van der Waals surface area (Å²) < 4.78 is 5.77. The first kappa shape index (κ1) is 13.5. The Morgan fingerprint density at radius 3 is 2.90 bits per heavy atom. The average Bonchev–Trinajstić information content (AvgIpc) is 2.97. The zero-order valence-corrected chi connectivity index (χ0v) is 11.8. The van der Waals surface area contributed by atoms with Gasteiger partial charge in [-0.1, -0.05) is 6.07 Å². The fourth-order valence-corrected chi connectivity index (χ4v) is 2.26. The molecule has 0 aromatic carbocycles. The molecule has 0 spiro atoms. The van der Waals surface area contributed by atoms with Crippen molar-refractivity contribution in [3.63, 3.8) is 0 Å². The molecule has 21 heavy (non-hydrogen) atoms. The van der Waals surface area contributed by atoms with Crippen LogP contribution in [0.15, 0.2) is 36.8 Å². The van der Waals surface area contributed by atoms with Crippen LogP contribution in [0, 0.1) is 6.92 Å². The molecule has 6 nitrogen and oxygen atoms in total. The molecule has 0 N–H and O–H groups in total. The second-order valence-electron chi connectivity index (χ2n) is 4.99. The van der Waals surface area contributed by atoms with Crippen LogP contribution in [0.25, 0.3) is 0 Å². The van der Waals surface area contributed by atoms with E-state index in [1.165, 1.54) is 6.20 Å². The summed E-state index contributed by atoms with van der Waals surface area (Å²) in [6, 6.07) is 5.53. The van der Waals surface area contributed by atoms with Crippen molar-refractivity contribution in [3.8, 4) is 5.88 Å². The second kappa shape index (κ2) is 5.87. The summed E-state index contributed by atoms with van der Waals surface area (Å²) in [5.74, 6) is 0.488. The van der Waals surface area contributed by atoms with E-state index in [2.05, 4.69) is 15.0 Å². The number of carbonyl (C=O) groups excluding carboxylic acids is 1. The lowest BCUT2D eigenvalue weighted by molar-refractivity contribution is 0.0765. The van der Waals surface area contributed by atoms with Crippen LogP contribution < -0.4 is 4.74 Å².